The highest BCUT2D eigenvalue weighted by molar-refractivity contribution is 5.94. The molecule has 0 bridgehead atoms. The summed E-state index contributed by atoms with van der Waals surface area (Å²) in [7, 11) is 1.83. The summed E-state index contributed by atoms with van der Waals surface area (Å²) in [5.41, 5.74) is 1.70. The predicted molar refractivity (Wildman–Crippen MR) is 72.3 cm³/mol. The molecule has 1 saturated carbocycles. The van der Waals surface area contributed by atoms with Crippen molar-refractivity contribution < 1.29 is 4.79 Å². The van der Waals surface area contributed by atoms with E-state index in [9.17, 15) is 4.79 Å². The smallest absolute Gasteiger partial charge is 0.227 e. The van der Waals surface area contributed by atoms with Crippen LogP contribution in [0.25, 0.3) is 11.4 Å². The number of carbonyl (C=O) groups excluding carboxylic acids is 1. The molecule has 1 heterocycles. The Balaban J connectivity index is 1.78. The highest BCUT2D eigenvalue weighted by Crippen LogP contribution is 2.38. The summed E-state index contributed by atoms with van der Waals surface area (Å²) in [5, 5.41) is 7.20. The van der Waals surface area contributed by atoms with Gasteiger partial charge >= 0.3 is 0 Å². The van der Waals surface area contributed by atoms with Crippen molar-refractivity contribution in [3.05, 3.63) is 30.6 Å². The number of carbonyl (C=O) groups is 1. The monoisotopic (exact) mass is 256 g/mol. The van der Waals surface area contributed by atoms with Gasteiger partial charge in [-0.2, -0.15) is 5.10 Å². The first-order chi connectivity index (χ1) is 9.13. The highest BCUT2D eigenvalue weighted by Gasteiger charge is 2.39. The zero-order chi connectivity index (χ0) is 13.4. The lowest BCUT2D eigenvalue weighted by Gasteiger charge is -2.05. The van der Waals surface area contributed by atoms with E-state index in [1.807, 2.05) is 31.3 Å². The van der Waals surface area contributed by atoms with Gasteiger partial charge < -0.3 is 5.32 Å². The van der Waals surface area contributed by atoms with Gasteiger partial charge in [0, 0.05) is 24.2 Å². The Labute approximate surface area is 111 Å². The maximum absolute atomic E-state index is 11.9. The molecule has 1 aromatic carbocycles. The fraction of sp³-hybridized carbons (Fsp3) is 0.357. The summed E-state index contributed by atoms with van der Waals surface area (Å²) >= 11 is 0. The van der Waals surface area contributed by atoms with Crippen molar-refractivity contribution in [1.82, 2.24) is 14.8 Å². The predicted octanol–water partition coefficient (Wildman–Crippen LogP) is 2.08. The van der Waals surface area contributed by atoms with Crippen molar-refractivity contribution in [2.45, 2.75) is 13.3 Å². The molecule has 0 spiro atoms. The van der Waals surface area contributed by atoms with E-state index >= 15 is 0 Å². The van der Waals surface area contributed by atoms with E-state index in [2.05, 4.69) is 22.3 Å². The number of aromatic nitrogens is 3. The van der Waals surface area contributed by atoms with Crippen LogP contribution >= 0.6 is 0 Å². The minimum Gasteiger partial charge on any atom is -0.326 e. The molecule has 0 unspecified atom stereocenters. The van der Waals surface area contributed by atoms with E-state index in [0.717, 1.165) is 17.7 Å². The largest absolute Gasteiger partial charge is 0.326 e. The second-order valence-corrected chi connectivity index (χ2v) is 5.13. The molecule has 98 valence electrons. The van der Waals surface area contributed by atoms with Gasteiger partial charge in [0.25, 0.3) is 0 Å². The number of rotatable bonds is 3. The van der Waals surface area contributed by atoms with Crippen molar-refractivity contribution >= 4 is 11.6 Å². The van der Waals surface area contributed by atoms with E-state index in [0.29, 0.717) is 11.7 Å². The number of nitrogens with zero attached hydrogens (tertiary/aromatic N) is 3. The fourth-order valence-corrected chi connectivity index (χ4v) is 2.13. The van der Waals surface area contributed by atoms with Crippen LogP contribution in [0.4, 0.5) is 5.69 Å². The van der Waals surface area contributed by atoms with Crippen LogP contribution in [0.2, 0.25) is 0 Å². The topological polar surface area (TPSA) is 59.8 Å². The maximum Gasteiger partial charge on any atom is 0.227 e. The lowest BCUT2D eigenvalue weighted by molar-refractivity contribution is -0.117. The van der Waals surface area contributed by atoms with Crippen LogP contribution in [-0.4, -0.2) is 20.7 Å². The number of aryl methyl sites for hydroxylation is 1. The Morgan fingerprint density at radius 3 is 2.89 bits per heavy atom. The Kier molecular flexibility index (Phi) is 2.81. The van der Waals surface area contributed by atoms with Crippen molar-refractivity contribution in [2.75, 3.05) is 5.32 Å². The minimum atomic E-state index is 0.110. The lowest BCUT2D eigenvalue weighted by Crippen LogP contribution is -2.14. The first-order valence-corrected chi connectivity index (χ1v) is 6.40. The lowest BCUT2D eigenvalue weighted by atomic mass is 10.2. The van der Waals surface area contributed by atoms with Gasteiger partial charge in [0.1, 0.15) is 6.33 Å². The third-order valence-corrected chi connectivity index (χ3v) is 3.43. The molecule has 0 saturated heterocycles. The maximum atomic E-state index is 11.9. The molecule has 5 heteroatoms. The Morgan fingerprint density at radius 1 is 1.47 bits per heavy atom. The van der Waals surface area contributed by atoms with Gasteiger partial charge in [-0.15, -0.1) is 0 Å². The van der Waals surface area contributed by atoms with E-state index < -0.39 is 0 Å². The van der Waals surface area contributed by atoms with Gasteiger partial charge in [-0.3, -0.25) is 9.48 Å². The molecule has 3 rings (SSSR count). The van der Waals surface area contributed by atoms with Gasteiger partial charge in [-0.25, -0.2) is 4.98 Å². The zero-order valence-corrected chi connectivity index (χ0v) is 11.0. The molecule has 0 aliphatic heterocycles. The minimum absolute atomic E-state index is 0.110. The van der Waals surface area contributed by atoms with E-state index in [1.165, 1.54) is 0 Å². The van der Waals surface area contributed by atoms with Crippen molar-refractivity contribution in [1.29, 1.82) is 0 Å². The van der Waals surface area contributed by atoms with Gasteiger partial charge in [0.2, 0.25) is 5.91 Å². The van der Waals surface area contributed by atoms with Crippen molar-refractivity contribution in [3.63, 3.8) is 0 Å². The van der Waals surface area contributed by atoms with Gasteiger partial charge in [-0.1, -0.05) is 19.1 Å². The van der Waals surface area contributed by atoms with Crippen LogP contribution in [0.5, 0.6) is 0 Å². The average molecular weight is 256 g/mol. The molecule has 1 aliphatic rings. The van der Waals surface area contributed by atoms with Gasteiger partial charge in [0.15, 0.2) is 5.82 Å². The van der Waals surface area contributed by atoms with E-state index in [4.69, 9.17) is 0 Å². The number of hydrogen-bond donors (Lipinski definition) is 1. The number of benzene rings is 1. The standard InChI is InChI=1S/C14H16N4O/c1-9-6-12(9)14(19)16-11-5-3-4-10(7-11)13-15-8-18(2)17-13/h3-5,7-9,12H,6H2,1-2H3,(H,16,19)/t9-,12-/m0/s1. The van der Waals surface area contributed by atoms with Crippen LogP contribution in [0.1, 0.15) is 13.3 Å². The normalized spacial score (nSPS) is 21.2. The second-order valence-electron chi connectivity index (χ2n) is 5.13. The summed E-state index contributed by atoms with van der Waals surface area (Å²) in [5.74, 6) is 1.47. The average Bonchev–Trinajstić information content (AvgIpc) is 2.96. The Bertz CT molecular complexity index is 619. The molecular formula is C14H16N4O. The molecule has 2 atom stereocenters. The van der Waals surface area contributed by atoms with Crippen LogP contribution in [0, 0.1) is 11.8 Å². The van der Waals surface area contributed by atoms with Crippen LogP contribution in [0.15, 0.2) is 30.6 Å². The number of anilines is 1. The molecule has 1 N–H and O–H groups in total. The molecule has 1 fully saturated rings. The highest BCUT2D eigenvalue weighted by atomic mass is 16.2. The number of hydrogen-bond acceptors (Lipinski definition) is 3. The molecule has 0 radical (unpaired) electrons. The first kappa shape index (κ1) is 11.9. The molecule has 1 amide bonds. The molecule has 2 aromatic rings. The fourth-order valence-electron chi connectivity index (χ4n) is 2.13. The van der Waals surface area contributed by atoms with Crippen molar-refractivity contribution in [2.24, 2.45) is 18.9 Å². The van der Waals surface area contributed by atoms with Crippen LogP contribution in [0.3, 0.4) is 0 Å². The summed E-state index contributed by atoms with van der Waals surface area (Å²) in [6, 6.07) is 7.63. The summed E-state index contributed by atoms with van der Waals surface area (Å²) in [6.07, 6.45) is 2.65. The number of nitrogens with one attached hydrogen (secondary N) is 1. The Morgan fingerprint density at radius 2 is 2.26 bits per heavy atom. The van der Waals surface area contributed by atoms with Gasteiger partial charge in [-0.05, 0) is 24.5 Å². The molecule has 1 aromatic heterocycles. The summed E-state index contributed by atoms with van der Waals surface area (Å²) in [6.45, 7) is 2.10. The number of amides is 1. The molecule has 19 heavy (non-hydrogen) atoms. The van der Waals surface area contributed by atoms with E-state index in [-0.39, 0.29) is 11.8 Å². The van der Waals surface area contributed by atoms with Crippen LogP contribution < -0.4 is 5.32 Å². The third-order valence-electron chi connectivity index (χ3n) is 3.43. The zero-order valence-electron chi connectivity index (χ0n) is 11.0. The van der Waals surface area contributed by atoms with Gasteiger partial charge in [0.05, 0.1) is 0 Å². The first-order valence-electron chi connectivity index (χ1n) is 6.40. The van der Waals surface area contributed by atoms with Crippen molar-refractivity contribution in [3.8, 4) is 11.4 Å². The van der Waals surface area contributed by atoms with Crippen LogP contribution in [-0.2, 0) is 11.8 Å². The Hall–Kier alpha value is -2.17. The molecule has 5 nitrogen and oxygen atoms in total. The summed E-state index contributed by atoms with van der Waals surface area (Å²) < 4.78 is 1.66. The quantitative estimate of drug-likeness (QED) is 0.914. The van der Waals surface area contributed by atoms with E-state index in [1.54, 1.807) is 11.0 Å². The SMILES string of the molecule is C[C@H]1C[C@@H]1C(=O)Nc1cccc(-c2ncn(C)n2)c1. The molecule has 1 aliphatic carbocycles. The molecular weight excluding hydrogens is 240 g/mol. The third kappa shape index (κ3) is 2.50. The summed E-state index contributed by atoms with van der Waals surface area (Å²) in [4.78, 5) is 16.1. The second kappa shape index (κ2) is 4.50.